The van der Waals surface area contributed by atoms with Gasteiger partial charge in [0.2, 0.25) is 0 Å². The van der Waals surface area contributed by atoms with Crippen molar-refractivity contribution in [2.45, 2.75) is 97.8 Å². The van der Waals surface area contributed by atoms with Gasteiger partial charge < -0.3 is 18.9 Å². The van der Waals surface area contributed by atoms with Crippen molar-refractivity contribution >= 4 is 12.1 Å². The van der Waals surface area contributed by atoms with E-state index in [1.54, 1.807) is 31.4 Å². The van der Waals surface area contributed by atoms with Gasteiger partial charge in [-0.1, -0.05) is 106 Å². The molecule has 6 nitrogen and oxygen atoms in total. The molecule has 0 aliphatic heterocycles. The number of esters is 1. The van der Waals surface area contributed by atoms with E-state index in [0.717, 1.165) is 16.9 Å². The van der Waals surface area contributed by atoms with Crippen LogP contribution in [0.3, 0.4) is 0 Å². The highest BCUT2D eigenvalue weighted by Gasteiger charge is 2.74. The Labute approximate surface area is 297 Å². The number of carbonyl (C=O) groups excluding carboxylic acids is 2. The maximum absolute atomic E-state index is 13.3. The van der Waals surface area contributed by atoms with E-state index in [0.29, 0.717) is 17.2 Å². The van der Waals surface area contributed by atoms with Crippen LogP contribution in [0, 0.1) is 10.8 Å². The van der Waals surface area contributed by atoms with E-state index >= 15 is 0 Å². The first kappa shape index (κ1) is 35.3. The predicted octanol–water partition coefficient (Wildman–Crippen LogP) is 10.4. The van der Waals surface area contributed by atoms with Gasteiger partial charge in [-0.25, -0.2) is 4.79 Å². The van der Waals surface area contributed by atoms with Crippen LogP contribution in [0.4, 0.5) is 4.79 Å². The average Bonchev–Trinajstić information content (AvgIpc) is 3.28. The first-order chi connectivity index (χ1) is 23.2. The lowest BCUT2D eigenvalue weighted by Crippen LogP contribution is -2.56. The summed E-state index contributed by atoms with van der Waals surface area (Å²) in [5.74, 6) is 1.82. The number of rotatable bonds is 6. The van der Waals surface area contributed by atoms with Gasteiger partial charge >= 0.3 is 12.1 Å². The second kappa shape index (κ2) is 11.5. The Morgan fingerprint density at radius 3 is 1.34 bits per heavy atom. The van der Waals surface area contributed by atoms with Gasteiger partial charge in [-0.2, -0.15) is 0 Å². The Balaban J connectivity index is 1.30. The molecule has 0 fully saturated rings. The minimum Gasteiger partial charge on any atom is -0.497 e. The summed E-state index contributed by atoms with van der Waals surface area (Å²) in [6.45, 7) is 24.5. The van der Waals surface area contributed by atoms with Gasteiger partial charge in [-0.15, -0.1) is 0 Å². The zero-order valence-electron chi connectivity index (χ0n) is 31.5. The molecule has 4 aromatic carbocycles. The number of ether oxygens (including phenoxy) is 4. The maximum atomic E-state index is 13.3. The van der Waals surface area contributed by atoms with Crippen LogP contribution in [0.1, 0.15) is 110 Å². The number of hydrogen-bond acceptors (Lipinski definition) is 6. The summed E-state index contributed by atoms with van der Waals surface area (Å²) in [7, 11) is 1.72. The summed E-state index contributed by atoms with van der Waals surface area (Å²) in [5.41, 5.74) is 5.54. The van der Waals surface area contributed by atoms with Crippen molar-refractivity contribution in [1.82, 2.24) is 0 Å². The van der Waals surface area contributed by atoms with Crippen LogP contribution in [0.15, 0.2) is 84.9 Å². The number of methoxy groups -OCH3 is 1. The third-order valence-corrected chi connectivity index (χ3v) is 13.2. The molecule has 4 aromatic rings. The van der Waals surface area contributed by atoms with E-state index in [4.69, 9.17) is 18.9 Å². The van der Waals surface area contributed by atoms with Gasteiger partial charge in [0.05, 0.1) is 7.11 Å². The molecule has 1 unspecified atom stereocenters. The van der Waals surface area contributed by atoms with Gasteiger partial charge in [0, 0.05) is 17.8 Å². The SMILES string of the molecule is COc1ccc2c(c1)C1(c3cc(OC(=O)Oc4ccc(C(C)(C)c5ccc(OC(C)=O)cc5)cc4)ccc3C(C)(C)C1(C)C)C(C)(C)C2(C)C. The summed E-state index contributed by atoms with van der Waals surface area (Å²) in [5, 5.41) is 0. The van der Waals surface area contributed by atoms with E-state index in [1.807, 2.05) is 30.3 Å². The molecular formula is C44H50O6. The van der Waals surface area contributed by atoms with E-state index in [9.17, 15) is 9.59 Å². The molecule has 50 heavy (non-hydrogen) atoms. The molecule has 6 heteroatoms. The molecule has 2 aliphatic carbocycles. The highest BCUT2D eigenvalue weighted by Crippen LogP contribution is 2.77. The molecule has 1 atom stereocenters. The molecule has 1 spiro atoms. The molecule has 0 amide bonds. The minimum atomic E-state index is -0.795. The van der Waals surface area contributed by atoms with Crippen molar-refractivity contribution in [3.8, 4) is 23.0 Å². The molecule has 2 aliphatic rings. The van der Waals surface area contributed by atoms with Gasteiger partial charge in [0.1, 0.15) is 23.0 Å². The largest absolute Gasteiger partial charge is 0.519 e. The Morgan fingerprint density at radius 2 is 0.900 bits per heavy atom. The van der Waals surface area contributed by atoms with Gasteiger partial charge in [-0.3, -0.25) is 4.79 Å². The number of carbonyl (C=O) groups is 2. The second-order valence-electron chi connectivity index (χ2n) is 16.6. The van der Waals surface area contributed by atoms with Gasteiger partial charge in [-0.05, 0) is 104 Å². The second-order valence-corrected chi connectivity index (χ2v) is 16.6. The summed E-state index contributed by atoms with van der Waals surface area (Å²) in [4.78, 5) is 24.6. The molecule has 0 saturated heterocycles. The van der Waals surface area contributed by atoms with Crippen LogP contribution >= 0.6 is 0 Å². The van der Waals surface area contributed by atoms with Crippen molar-refractivity contribution < 1.29 is 28.5 Å². The summed E-state index contributed by atoms with van der Waals surface area (Å²) < 4.78 is 22.6. The van der Waals surface area contributed by atoms with Crippen LogP contribution < -0.4 is 18.9 Å². The first-order valence-corrected chi connectivity index (χ1v) is 17.4. The Hall–Kier alpha value is -4.58. The van der Waals surface area contributed by atoms with Crippen molar-refractivity contribution in [3.05, 3.63) is 118 Å². The van der Waals surface area contributed by atoms with Gasteiger partial charge in [0.15, 0.2) is 0 Å². The highest BCUT2D eigenvalue weighted by atomic mass is 16.7. The zero-order valence-corrected chi connectivity index (χ0v) is 31.5. The van der Waals surface area contributed by atoms with Crippen molar-refractivity contribution in [1.29, 1.82) is 0 Å². The molecule has 6 rings (SSSR count). The molecule has 0 N–H and O–H groups in total. The molecule has 0 heterocycles. The quantitative estimate of drug-likeness (QED) is 0.115. The zero-order chi connectivity index (χ0) is 36.7. The molecule has 0 radical (unpaired) electrons. The fraction of sp³-hybridized carbons (Fsp3) is 0.409. The topological polar surface area (TPSA) is 71.1 Å². The average molecular weight is 675 g/mol. The molecule has 0 aromatic heterocycles. The van der Waals surface area contributed by atoms with E-state index in [-0.39, 0.29) is 33.0 Å². The van der Waals surface area contributed by atoms with Crippen molar-refractivity contribution in [3.63, 3.8) is 0 Å². The van der Waals surface area contributed by atoms with E-state index in [1.165, 1.54) is 29.2 Å². The summed E-state index contributed by atoms with van der Waals surface area (Å²) in [6, 6.07) is 27.5. The van der Waals surface area contributed by atoms with E-state index < -0.39 is 11.6 Å². The normalized spacial score (nSPS) is 20.5. The minimum absolute atomic E-state index is 0.159. The first-order valence-electron chi connectivity index (χ1n) is 17.4. The Morgan fingerprint density at radius 1 is 0.520 bits per heavy atom. The number of hydrogen-bond donors (Lipinski definition) is 0. The van der Waals surface area contributed by atoms with Crippen LogP contribution in [0.25, 0.3) is 0 Å². The van der Waals surface area contributed by atoms with Crippen LogP contribution in [0.5, 0.6) is 23.0 Å². The fourth-order valence-electron chi connectivity index (χ4n) is 9.26. The van der Waals surface area contributed by atoms with Crippen LogP contribution in [-0.4, -0.2) is 19.2 Å². The third-order valence-electron chi connectivity index (χ3n) is 13.2. The molecule has 262 valence electrons. The van der Waals surface area contributed by atoms with E-state index in [2.05, 4.69) is 99.6 Å². The molecule has 0 saturated carbocycles. The third kappa shape index (κ3) is 4.81. The Kier molecular flexibility index (Phi) is 8.09. The monoisotopic (exact) mass is 674 g/mol. The number of fused-ring (bicyclic) bond motifs is 4. The Bertz CT molecular complexity index is 1970. The summed E-state index contributed by atoms with van der Waals surface area (Å²) >= 11 is 0. The lowest BCUT2D eigenvalue weighted by atomic mass is 9.46. The lowest BCUT2D eigenvalue weighted by molar-refractivity contribution is -0.131. The highest BCUT2D eigenvalue weighted by molar-refractivity contribution is 5.71. The van der Waals surface area contributed by atoms with Crippen LogP contribution in [-0.2, 0) is 26.5 Å². The van der Waals surface area contributed by atoms with Crippen molar-refractivity contribution in [2.75, 3.05) is 7.11 Å². The lowest BCUT2D eigenvalue weighted by Gasteiger charge is -2.56. The smallest absolute Gasteiger partial charge is 0.497 e. The standard InChI is InChI=1S/C44H50O6/c1-27(45)48-30-17-13-28(14-18-30)39(2,3)29-15-19-31(20-16-29)49-38(46)50-33-22-24-35-37(26-33)44(43(10,11)41(35,6)7)36-25-32(47-12)21-23-34(36)40(4,5)42(44,8)9/h13-26H,1-12H3. The maximum Gasteiger partial charge on any atom is 0.519 e. The fourth-order valence-corrected chi connectivity index (χ4v) is 9.26. The van der Waals surface area contributed by atoms with Crippen LogP contribution in [0.2, 0.25) is 0 Å². The predicted molar refractivity (Wildman–Crippen MR) is 197 cm³/mol. The summed E-state index contributed by atoms with van der Waals surface area (Å²) in [6.07, 6.45) is -0.795. The van der Waals surface area contributed by atoms with Crippen molar-refractivity contribution in [2.24, 2.45) is 10.8 Å². The van der Waals surface area contributed by atoms with Gasteiger partial charge in [0.25, 0.3) is 0 Å². The molecule has 0 bridgehead atoms. The number of benzene rings is 4. The molecular weight excluding hydrogens is 624 g/mol.